The highest BCUT2D eigenvalue weighted by Crippen LogP contribution is 2.26. The highest BCUT2D eigenvalue weighted by Gasteiger charge is 2.25. The van der Waals surface area contributed by atoms with E-state index in [2.05, 4.69) is 45.4 Å². The van der Waals surface area contributed by atoms with Crippen LogP contribution >= 0.6 is 0 Å². The second-order valence-corrected chi connectivity index (χ2v) is 8.40. The number of aromatic nitrogens is 1. The van der Waals surface area contributed by atoms with Gasteiger partial charge >= 0.3 is 0 Å². The third kappa shape index (κ3) is 4.31. The van der Waals surface area contributed by atoms with Gasteiger partial charge in [0, 0.05) is 44.2 Å². The summed E-state index contributed by atoms with van der Waals surface area (Å²) in [4.78, 5) is 22.7. The number of anilines is 1. The van der Waals surface area contributed by atoms with Crippen molar-refractivity contribution in [1.29, 1.82) is 0 Å². The molecule has 3 aromatic rings. The fourth-order valence-electron chi connectivity index (χ4n) is 4.20. The van der Waals surface area contributed by atoms with Gasteiger partial charge in [0.1, 0.15) is 5.82 Å². The van der Waals surface area contributed by atoms with E-state index in [0.717, 1.165) is 74.3 Å². The zero-order valence-electron chi connectivity index (χ0n) is 17.3. The van der Waals surface area contributed by atoms with E-state index in [9.17, 15) is 4.79 Å². The number of nitrogens with zero attached hydrogens (tertiary/aromatic N) is 3. The van der Waals surface area contributed by atoms with E-state index in [1.54, 1.807) is 0 Å². The van der Waals surface area contributed by atoms with Crippen LogP contribution in [0.1, 0.15) is 35.2 Å². The van der Waals surface area contributed by atoms with Gasteiger partial charge in [0.25, 0.3) is 5.91 Å². The van der Waals surface area contributed by atoms with Crippen molar-refractivity contribution in [2.75, 3.05) is 31.1 Å². The quantitative estimate of drug-likeness (QED) is 0.707. The molecule has 2 fully saturated rings. The minimum absolute atomic E-state index is 0.0258. The molecule has 154 valence electrons. The van der Waals surface area contributed by atoms with Crippen LogP contribution in [0.4, 0.5) is 5.82 Å². The van der Waals surface area contributed by atoms with Crippen molar-refractivity contribution in [2.45, 2.75) is 31.8 Å². The molecule has 0 spiro atoms. The monoisotopic (exact) mass is 400 g/mol. The molecule has 1 saturated carbocycles. The van der Waals surface area contributed by atoms with Gasteiger partial charge in [-0.3, -0.25) is 9.69 Å². The Morgan fingerprint density at radius 2 is 1.77 bits per heavy atom. The summed E-state index contributed by atoms with van der Waals surface area (Å²) < 4.78 is 0. The van der Waals surface area contributed by atoms with Crippen molar-refractivity contribution < 1.29 is 4.79 Å². The Labute approximate surface area is 177 Å². The molecule has 1 N–H and O–H groups in total. The van der Waals surface area contributed by atoms with E-state index >= 15 is 0 Å². The number of rotatable bonds is 5. The van der Waals surface area contributed by atoms with Crippen molar-refractivity contribution in [1.82, 2.24) is 15.2 Å². The maximum absolute atomic E-state index is 12.9. The van der Waals surface area contributed by atoms with Crippen LogP contribution in [0.3, 0.4) is 0 Å². The molecule has 5 rings (SSSR count). The van der Waals surface area contributed by atoms with Crippen LogP contribution in [0.5, 0.6) is 0 Å². The molecular formula is C25H28N4O. The van der Waals surface area contributed by atoms with E-state index < -0.39 is 0 Å². The van der Waals surface area contributed by atoms with E-state index in [1.165, 1.54) is 5.56 Å². The van der Waals surface area contributed by atoms with Gasteiger partial charge in [-0.15, -0.1) is 0 Å². The Hall–Kier alpha value is -2.92. The lowest BCUT2D eigenvalue weighted by Crippen LogP contribution is -2.31. The summed E-state index contributed by atoms with van der Waals surface area (Å²) in [5.41, 5.74) is 2.99. The first-order valence-corrected chi connectivity index (χ1v) is 11.0. The Morgan fingerprint density at radius 1 is 0.967 bits per heavy atom. The van der Waals surface area contributed by atoms with Crippen LogP contribution in [0.15, 0.2) is 60.7 Å². The van der Waals surface area contributed by atoms with Gasteiger partial charge in [-0.1, -0.05) is 48.5 Å². The smallest absolute Gasteiger partial charge is 0.252 e. The number of carbonyl (C=O) groups is 1. The number of hydrogen-bond acceptors (Lipinski definition) is 4. The molecule has 2 heterocycles. The normalized spacial score (nSPS) is 17.7. The SMILES string of the molecule is O=C(NC1CC1)c1cc(N2CCCN(Cc3ccccc3)CC2)nc2ccccc12. The fourth-order valence-corrected chi connectivity index (χ4v) is 4.20. The predicted molar refractivity (Wildman–Crippen MR) is 121 cm³/mol. The highest BCUT2D eigenvalue weighted by atomic mass is 16.1. The standard InChI is InChI=1S/C25H28N4O/c30-25(26-20-11-12-20)22-17-24(27-23-10-5-4-9-21(22)23)29-14-6-13-28(15-16-29)18-19-7-2-1-3-8-19/h1-5,7-10,17,20H,6,11-16,18H2,(H,26,30). The van der Waals surface area contributed by atoms with Crippen molar-refractivity contribution in [3.05, 3.63) is 71.8 Å². The number of para-hydroxylation sites is 1. The molecule has 30 heavy (non-hydrogen) atoms. The molecule has 5 nitrogen and oxygen atoms in total. The van der Waals surface area contributed by atoms with Crippen LogP contribution in [0.2, 0.25) is 0 Å². The number of hydrogen-bond donors (Lipinski definition) is 1. The number of benzene rings is 2. The average molecular weight is 401 g/mol. The van der Waals surface area contributed by atoms with Gasteiger partial charge in [-0.2, -0.15) is 0 Å². The summed E-state index contributed by atoms with van der Waals surface area (Å²) in [7, 11) is 0. The Bertz CT molecular complexity index is 1030. The number of pyridine rings is 1. The first kappa shape index (κ1) is 19.1. The first-order valence-electron chi connectivity index (χ1n) is 11.0. The summed E-state index contributed by atoms with van der Waals surface area (Å²) in [6.45, 7) is 4.93. The maximum Gasteiger partial charge on any atom is 0.252 e. The summed E-state index contributed by atoms with van der Waals surface area (Å²) in [5.74, 6) is 0.939. The molecule has 2 aromatic carbocycles. The van der Waals surface area contributed by atoms with Gasteiger partial charge in [0.05, 0.1) is 11.1 Å². The molecular weight excluding hydrogens is 372 g/mol. The summed E-state index contributed by atoms with van der Waals surface area (Å²) in [6.07, 6.45) is 3.26. The second-order valence-electron chi connectivity index (χ2n) is 8.40. The topological polar surface area (TPSA) is 48.5 Å². The third-order valence-corrected chi connectivity index (χ3v) is 6.02. The van der Waals surface area contributed by atoms with Crippen molar-refractivity contribution in [3.8, 4) is 0 Å². The molecule has 1 aliphatic carbocycles. The Morgan fingerprint density at radius 3 is 2.60 bits per heavy atom. The lowest BCUT2D eigenvalue weighted by molar-refractivity contribution is 0.0952. The summed E-state index contributed by atoms with van der Waals surface area (Å²) >= 11 is 0. The largest absolute Gasteiger partial charge is 0.355 e. The highest BCUT2D eigenvalue weighted by molar-refractivity contribution is 6.07. The number of nitrogens with one attached hydrogen (secondary N) is 1. The van der Waals surface area contributed by atoms with Crippen LogP contribution in [-0.2, 0) is 6.54 Å². The maximum atomic E-state index is 12.9. The molecule has 0 unspecified atom stereocenters. The molecule has 1 saturated heterocycles. The van der Waals surface area contributed by atoms with Crippen LogP contribution in [0.25, 0.3) is 10.9 Å². The van der Waals surface area contributed by atoms with Gasteiger partial charge < -0.3 is 10.2 Å². The number of amides is 1. The Kier molecular flexibility index (Phi) is 5.37. The molecule has 1 aliphatic heterocycles. The minimum Gasteiger partial charge on any atom is -0.355 e. The molecule has 1 amide bonds. The molecule has 1 aromatic heterocycles. The van der Waals surface area contributed by atoms with Gasteiger partial charge in [-0.05, 0) is 37.0 Å². The summed E-state index contributed by atoms with van der Waals surface area (Å²) in [6, 6.07) is 21.0. The molecule has 0 bridgehead atoms. The van der Waals surface area contributed by atoms with Crippen molar-refractivity contribution in [3.63, 3.8) is 0 Å². The second kappa shape index (κ2) is 8.44. The lowest BCUT2D eigenvalue weighted by Gasteiger charge is -2.24. The van der Waals surface area contributed by atoms with E-state index in [0.29, 0.717) is 6.04 Å². The van der Waals surface area contributed by atoms with Crippen LogP contribution in [-0.4, -0.2) is 48.0 Å². The van der Waals surface area contributed by atoms with Gasteiger partial charge in [0.2, 0.25) is 0 Å². The number of fused-ring (bicyclic) bond motifs is 1. The Balaban J connectivity index is 1.36. The zero-order chi connectivity index (χ0) is 20.3. The summed E-state index contributed by atoms with van der Waals surface area (Å²) in [5, 5.41) is 4.08. The average Bonchev–Trinajstić information content (AvgIpc) is 3.61. The van der Waals surface area contributed by atoms with E-state index in [-0.39, 0.29) is 5.91 Å². The first-order chi connectivity index (χ1) is 14.8. The fraction of sp³-hybridized carbons (Fsp3) is 0.360. The molecule has 2 aliphatic rings. The van der Waals surface area contributed by atoms with Gasteiger partial charge in [-0.25, -0.2) is 4.98 Å². The molecule has 5 heteroatoms. The molecule has 0 radical (unpaired) electrons. The minimum atomic E-state index is 0.0258. The lowest BCUT2D eigenvalue weighted by atomic mass is 10.1. The van der Waals surface area contributed by atoms with E-state index in [4.69, 9.17) is 4.98 Å². The predicted octanol–water partition coefficient (Wildman–Crippen LogP) is 3.84. The van der Waals surface area contributed by atoms with Crippen molar-refractivity contribution >= 4 is 22.6 Å². The number of carbonyl (C=O) groups excluding carboxylic acids is 1. The third-order valence-electron chi connectivity index (χ3n) is 6.02. The van der Waals surface area contributed by atoms with Crippen LogP contribution in [0, 0.1) is 0 Å². The van der Waals surface area contributed by atoms with Crippen LogP contribution < -0.4 is 10.2 Å². The molecule has 0 atom stereocenters. The van der Waals surface area contributed by atoms with E-state index in [1.807, 2.05) is 30.3 Å². The van der Waals surface area contributed by atoms with Crippen molar-refractivity contribution in [2.24, 2.45) is 0 Å². The zero-order valence-corrected chi connectivity index (χ0v) is 17.3. The van der Waals surface area contributed by atoms with Gasteiger partial charge in [0.15, 0.2) is 0 Å².